The topological polar surface area (TPSA) is 86.8 Å². The number of sulfonamides is 1. The normalized spacial score (nSPS) is 12.7. The molecule has 2 rings (SSSR count). The molecule has 0 aliphatic rings. The van der Waals surface area contributed by atoms with Gasteiger partial charge in [0.25, 0.3) is 0 Å². The second kappa shape index (κ2) is 11.0. The number of benzene rings is 2. The molecule has 1 N–H and O–H groups in total. The Balaban J connectivity index is 2.45. The molecule has 0 aromatic heterocycles. The Kier molecular flexibility index (Phi) is 9.02. The average Bonchev–Trinajstić information content (AvgIpc) is 2.69. The van der Waals surface area contributed by atoms with E-state index in [4.69, 9.17) is 23.2 Å². The lowest BCUT2D eigenvalue weighted by atomic mass is 10.1. The van der Waals surface area contributed by atoms with Crippen molar-refractivity contribution < 1.29 is 18.0 Å². The van der Waals surface area contributed by atoms with Gasteiger partial charge in [-0.25, -0.2) is 8.42 Å². The van der Waals surface area contributed by atoms with Crippen LogP contribution in [0.25, 0.3) is 0 Å². The van der Waals surface area contributed by atoms with Gasteiger partial charge in [0.2, 0.25) is 21.8 Å². The van der Waals surface area contributed by atoms with E-state index < -0.39 is 34.1 Å². The number of nitrogens with one attached hydrogen (secondary N) is 1. The van der Waals surface area contributed by atoms with Crippen molar-refractivity contribution in [3.8, 4) is 0 Å². The van der Waals surface area contributed by atoms with E-state index in [2.05, 4.69) is 5.32 Å². The van der Waals surface area contributed by atoms with E-state index in [1.165, 1.54) is 11.0 Å². The summed E-state index contributed by atoms with van der Waals surface area (Å²) in [4.78, 5) is 27.8. The van der Waals surface area contributed by atoms with Crippen LogP contribution in [0.5, 0.6) is 0 Å². The van der Waals surface area contributed by atoms with Gasteiger partial charge in [-0.05, 0) is 70.0 Å². The zero-order valence-electron chi connectivity index (χ0n) is 20.2. The Labute approximate surface area is 212 Å². The number of rotatable bonds is 8. The Hall–Kier alpha value is -2.29. The molecule has 0 radical (unpaired) electrons. The highest BCUT2D eigenvalue weighted by Gasteiger charge is 2.31. The number of nitrogens with zero attached hydrogens (tertiary/aromatic N) is 2. The van der Waals surface area contributed by atoms with Crippen molar-refractivity contribution >= 4 is 50.7 Å². The predicted molar refractivity (Wildman–Crippen MR) is 138 cm³/mol. The SMILES string of the molecule is Cc1ccc(Cl)cc1N(CC(=O)N(Cc1cccc(Cl)c1)C(C)C(=O)NC(C)(C)C)S(C)(=O)=O. The first-order valence-corrected chi connectivity index (χ1v) is 13.3. The summed E-state index contributed by atoms with van der Waals surface area (Å²) in [5.74, 6) is -0.894. The Morgan fingerprint density at radius 2 is 1.68 bits per heavy atom. The summed E-state index contributed by atoms with van der Waals surface area (Å²) in [6, 6.07) is 10.9. The second-order valence-electron chi connectivity index (χ2n) is 9.27. The van der Waals surface area contributed by atoms with Crippen molar-refractivity contribution in [1.29, 1.82) is 0 Å². The third kappa shape index (κ3) is 7.89. The largest absolute Gasteiger partial charge is 0.350 e. The van der Waals surface area contributed by atoms with Gasteiger partial charge in [-0.3, -0.25) is 13.9 Å². The van der Waals surface area contributed by atoms with Crippen molar-refractivity contribution in [1.82, 2.24) is 10.2 Å². The quantitative estimate of drug-likeness (QED) is 0.551. The van der Waals surface area contributed by atoms with Gasteiger partial charge in [0.1, 0.15) is 12.6 Å². The van der Waals surface area contributed by atoms with E-state index in [9.17, 15) is 18.0 Å². The van der Waals surface area contributed by atoms with Crippen LogP contribution < -0.4 is 9.62 Å². The molecule has 2 amide bonds. The van der Waals surface area contributed by atoms with E-state index in [-0.39, 0.29) is 12.5 Å². The molecule has 0 saturated carbocycles. The lowest BCUT2D eigenvalue weighted by molar-refractivity contribution is -0.140. The van der Waals surface area contributed by atoms with Gasteiger partial charge in [-0.1, -0.05) is 41.4 Å². The molecule has 34 heavy (non-hydrogen) atoms. The van der Waals surface area contributed by atoms with Crippen molar-refractivity contribution in [2.75, 3.05) is 17.1 Å². The van der Waals surface area contributed by atoms with E-state index in [0.717, 1.165) is 10.6 Å². The van der Waals surface area contributed by atoms with Gasteiger partial charge in [-0.2, -0.15) is 0 Å². The fraction of sp³-hybridized carbons (Fsp3) is 0.417. The van der Waals surface area contributed by atoms with Crippen molar-refractivity contribution in [2.24, 2.45) is 0 Å². The van der Waals surface area contributed by atoms with Crippen LogP contribution in [0, 0.1) is 6.92 Å². The summed E-state index contributed by atoms with van der Waals surface area (Å²) in [6.07, 6.45) is 1.03. The fourth-order valence-electron chi connectivity index (χ4n) is 3.33. The maximum Gasteiger partial charge on any atom is 0.244 e. The molecular formula is C24H31Cl2N3O4S. The summed E-state index contributed by atoms with van der Waals surface area (Å²) < 4.78 is 26.3. The third-order valence-electron chi connectivity index (χ3n) is 5.03. The molecule has 0 aliphatic heterocycles. The third-order valence-corrected chi connectivity index (χ3v) is 6.62. The predicted octanol–water partition coefficient (Wildman–Crippen LogP) is 4.40. The van der Waals surface area contributed by atoms with Crippen LogP contribution in [-0.2, 0) is 26.2 Å². The summed E-state index contributed by atoms with van der Waals surface area (Å²) in [5, 5.41) is 3.71. The number of amides is 2. The van der Waals surface area contributed by atoms with E-state index in [1.807, 2.05) is 20.8 Å². The Bertz CT molecular complexity index is 1160. The molecule has 1 atom stereocenters. The maximum absolute atomic E-state index is 13.5. The molecule has 0 saturated heterocycles. The molecule has 0 spiro atoms. The molecule has 2 aromatic carbocycles. The summed E-state index contributed by atoms with van der Waals surface area (Å²) in [7, 11) is -3.83. The zero-order chi connectivity index (χ0) is 25.8. The minimum Gasteiger partial charge on any atom is -0.350 e. The van der Waals surface area contributed by atoms with Gasteiger partial charge < -0.3 is 10.2 Å². The summed E-state index contributed by atoms with van der Waals surface area (Å²) in [5.41, 5.74) is 1.15. The van der Waals surface area contributed by atoms with Gasteiger partial charge >= 0.3 is 0 Å². The smallest absolute Gasteiger partial charge is 0.244 e. The van der Waals surface area contributed by atoms with Crippen molar-refractivity contribution in [3.63, 3.8) is 0 Å². The Morgan fingerprint density at radius 1 is 1.06 bits per heavy atom. The summed E-state index contributed by atoms with van der Waals surface area (Å²) in [6.45, 7) is 8.45. The average molecular weight is 529 g/mol. The molecule has 186 valence electrons. The minimum absolute atomic E-state index is 0.0737. The van der Waals surface area contributed by atoms with E-state index in [1.54, 1.807) is 50.2 Å². The number of halogens is 2. The zero-order valence-corrected chi connectivity index (χ0v) is 22.6. The first-order valence-electron chi connectivity index (χ1n) is 10.7. The van der Waals surface area contributed by atoms with Crippen LogP contribution in [0.15, 0.2) is 42.5 Å². The monoisotopic (exact) mass is 527 g/mol. The number of carbonyl (C=O) groups is 2. The number of anilines is 1. The molecule has 10 heteroatoms. The van der Waals surface area contributed by atoms with Crippen LogP contribution in [0.4, 0.5) is 5.69 Å². The molecule has 1 unspecified atom stereocenters. The van der Waals surface area contributed by atoms with E-state index in [0.29, 0.717) is 26.9 Å². The molecular weight excluding hydrogens is 497 g/mol. The van der Waals surface area contributed by atoms with Gasteiger partial charge in [0.05, 0.1) is 11.9 Å². The second-order valence-corrected chi connectivity index (χ2v) is 12.0. The lowest BCUT2D eigenvalue weighted by Gasteiger charge is -2.33. The van der Waals surface area contributed by atoms with Crippen LogP contribution >= 0.6 is 23.2 Å². The minimum atomic E-state index is -3.83. The van der Waals surface area contributed by atoms with Gasteiger partial charge in [0, 0.05) is 22.1 Å². The lowest BCUT2D eigenvalue weighted by Crippen LogP contribution is -2.54. The van der Waals surface area contributed by atoms with Crippen molar-refractivity contribution in [2.45, 2.75) is 52.7 Å². The number of hydrogen-bond acceptors (Lipinski definition) is 4. The molecule has 0 bridgehead atoms. The number of aryl methyl sites for hydroxylation is 1. The van der Waals surface area contributed by atoms with Crippen LogP contribution in [0.1, 0.15) is 38.8 Å². The Morgan fingerprint density at radius 3 is 2.24 bits per heavy atom. The molecule has 0 fully saturated rings. The fourth-order valence-corrected chi connectivity index (χ4v) is 4.61. The molecule has 7 nitrogen and oxygen atoms in total. The maximum atomic E-state index is 13.5. The highest BCUT2D eigenvalue weighted by molar-refractivity contribution is 7.92. The summed E-state index contributed by atoms with van der Waals surface area (Å²) >= 11 is 12.2. The van der Waals surface area contributed by atoms with E-state index >= 15 is 0 Å². The first-order chi connectivity index (χ1) is 15.6. The highest BCUT2D eigenvalue weighted by atomic mass is 35.5. The highest BCUT2D eigenvalue weighted by Crippen LogP contribution is 2.27. The molecule has 0 aliphatic carbocycles. The molecule has 2 aromatic rings. The van der Waals surface area contributed by atoms with Crippen LogP contribution in [0.2, 0.25) is 10.0 Å². The standard InChI is InChI=1S/C24H31Cl2N3O4S/c1-16-10-11-20(26)13-21(16)29(34(6,32)33)15-22(30)28(14-18-8-7-9-19(25)12-18)17(2)23(31)27-24(3,4)5/h7-13,17H,14-15H2,1-6H3,(H,27,31). The van der Waals surface area contributed by atoms with Crippen LogP contribution in [0.3, 0.4) is 0 Å². The number of hydrogen-bond donors (Lipinski definition) is 1. The van der Waals surface area contributed by atoms with Crippen LogP contribution in [-0.4, -0.2) is 49.5 Å². The first kappa shape index (κ1) is 28.0. The van der Waals surface area contributed by atoms with Gasteiger partial charge in [-0.15, -0.1) is 0 Å². The van der Waals surface area contributed by atoms with Gasteiger partial charge in [0.15, 0.2) is 0 Å². The number of carbonyl (C=O) groups excluding carboxylic acids is 2. The molecule has 0 heterocycles. The van der Waals surface area contributed by atoms with Crippen molar-refractivity contribution in [3.05, 3.63) is 63.6 Å².